The maximum Gasteiger partial charge on any atom is 0.306 e. The van der Waals surface area contributed by atoms with Gasteiger partial charge >= 0.3 is 17.9 Å². The van der Waals surface area contributed by atoms with E-state index in [9.17, 15) is 14.4 Å². The minimum atomic E-state index is -0.799. The molecule has 0 saturated carbocycles. The summed E-state index contributed by atoms with van der Waals surface area (Å²) in [5.74, 6) is -0.925. The summed E-state index contributed by atoms with van der Waals surface area (Å²) in [7, 11) is 0. The molecule has 0 aromatic carbocycles. The third kappa shape index (κ3) is 68.2. The van der Waals surface area contributed by atoms with Gasteiger partial charge < -0.3 is 14.2 Å². The van der Waals surface area contributed by atoms with E-state index in [-0.39, 0.29) is 31.1 Å². The number of ether oxygens (including phenoxy) is 3. The molecule has 0 heterocycles. The minimum absolute atomic E-state index is 0.0936. The van der Waals surface area contributed by atoms with Gasteiger partial charge in [-0.1, -0.05) is 296 Å². The Morgan fingerprint density at radius 3 is 0.759 bits per heavy atom. The highest BCUT2D eigenvalue weighted by atomic mass is 16.6. The lowest BCUT2D eigenvalue weighted by Crippen LogP contribution is -2.30. The summed E-state index contributed by atoms with van der Waals surface area (Å²) in [5.41, 5.74) is 0. The van der Waals surface area contributed by atoms with E-state index >= 15 is 0 Å². The SMILES string of the molecule is CC/C=C\C/C=C\C/C=C\C/C=C\C/C=C\C/C=C\C/C=C\CCCCCCCCCCCC(=O)OCC(COC(=O)CCCCC/C=C\C/C=C\C/C=C\CC)OC(=O)CCCCCCCCCCC/C=C\CCCCCCCCCC. The average molecular weight is 1150 g/mol. The monoisotopic (exact) mass is 1150 g/mol. The third-order valence-electron chi connectivity index (χ3n) is 14.6. The second-order valence-corrected chi connectivity index (χ2v) is 22.7. The second kappa shape index (κ2) is 70.0. The largest absolute Gasteiger partial charge is 0.462 e. The van der Waals surface area contributed by atoms with Crippen molar-refractivity contribution in [2.45, 2.75) is 322 Å². The van der Waals surface area contributed by atoms with Crippen LogP contribution >= 0.6 is 0 Å². The number of rotatable bonds is 62. The normalized spacial score (nSPS) is 13.0. The van der Waals surface area contributed by atoms with Crippen molar-refractivity contribution >= 4 is 17.9 Å². The Morgan fingerprint density at radius 2 is 0.470 bits per heavy atom. The number of carbonyl (C=O) groups excluding carboxylic acids is 3. The average Bonchev–Trinajstić information content (AvgIpc) is 3.49. The van der Waals surface area contributed by atoms with E-state index in [1.807, 2.05) is 0 Å². The fourth-order valence-corrected chi connectivity index (χ4v) is 9.49. The summed E-state index contributed by atoms with van der Waals surface area (Å²) in [6.07, 6.45) is 99.0. The van der Waals surface area contributed by atoms with Crippen LogP contribution in [0.5, 0.6) is 0 Å². The van der Waals surface area contributed by atoms with Gasteiger partial charge in [-0.3, -0.25) is 14.4 Å². The first-order chi connectivity index (χ1) is 41.0. The van der Waals surface area contributed by atoms with Crippen molar-refractivity contribution in [2.75, 3.05) is 13.2 Å². The van der Waals surface area contributed by atoms with Crippen LogP contribution in [0, 0.1) is 0 Å². The molecular weight excluding hydrogens is 1020 g/mol. The fourth-order valence-electron chi connectivity index (χ4n) is 9.49. The molecule has 0 saturated heterocycles. The topological polar surface area (TPSA) is 78.9 Å². The van der Waals surface area contributed by atoms with E-state index in [1.165, 1.54) is 141 Å². The van der Waals surface area contributed by atoms with Crippen LogP contribution in [0.15, 0.2) is 134 Å². The van der Waals surface area contributed by atoms with Crippen molar-refractivity contribution in [1.29, 1.82) is 0 Å². The maximum atomic E-state index is 12.9. The van der Waals surface area contributed by atoms with Crippen molar-refractivity contribution in [1.82, 2.24) is 0 Å². The van der Waals surface area contributed by atoms with Gasteiger partial charge in [0, 0.05) is 19.3 Å². The number of unbranched alkanes of at least 4 members (excludes halogenated alkanes) is 29. The van der Waals surface area contributed by atoms with Crippen molar-refractivity contribution < 1.29 is 28.6 Å². The van der Waals surface area contributed by atoms with Crippen LogP contribution in [0.4, 0.5) is 0 Å². The molecule has 0 aliphatic heterocycles. The van der Waals surface area contributed by atoms with E-state index in [4.69, 9.17) is 14.2 Å². The van der Waals surface area contributed by atoms with Crippen molar-refractivity contribution in [3.8, 4) is 0 Å². The van der Waals surface area contributed by atoms with Gasteiger partial charge in [-0.15, -0.1) is 0 Å². The van der Waals surface area contributed by atoms with Crippen molar-refractivity contribution in [3.05, 3.63) is 134 Å². The zero-order chi connectivity index (χ0) is 59.9. The number of allylic oxidation sites excluding steroid dienone is 22. The molecule has 0 aliphatic rings. The second-order valence-electron chi connectivity index (χ2n) is 22.7. The predicted molar refractivity (Wildman–Crippen MR) is 362 cm³/mol. The molecule has 83 heavy (non-hydrogen) atoms. The van der Waals surface area contributed by atoms with Gasteiger partial charge in [0.05, 0.1) is 0 Å². The smallest absolute Gasteiger partial charge is 0.306 e. The van der Waals surface area contributed by atoms with Crippen molar-refractivity contribution in [2.24, 2.45) is 0 Å². The lowest BCUT2D eigenvalue weighted by atomic mass is 10.1. The summed E-state index contributed by atoms with van der Waals surface area (Å²) in [6, 6.07) is 0. The Balaban J connectivity index is 4.32. The molecule has 6 nitrogen and oxygen atoms in total. The van der Waals surface area contributed by atoms with Crippen LogP contribution in [-0.4, -0.2) is 37.2 Å². The number of esters is 3. The Bertz CT molecular complexity index is 1750. The first-order valence-corrected chi connectivity index (χ1v) is 34.7. The molecule has 472 valence electrons. The predicted octanol–water partition coefficient (Wildman–Crippen LogP) is 24.1. The zero-order valence-corrected chi connectivity index (χ0v) is 54.2. The molecule has 0 aliphatic carbocycles. The van der Waals surface area contributed by atoms with Gasteiger partial charge in [0.2, 0.25) is 0 Å². The zero-order valence-electron chi connectivity index (χ0n) is 54.2. The van der Waals surface area contributed by atoms with Gasteiger partial charge in [-0.25, -0.2) is 0 Å². The highest BCUT2D eigenvalue weighted by Gasteiger charge is 2.19. The van der Waals surface area contributed by atoms with E-state index < -0.39 is 6.10 Å². The van der Waals surface area contributed by atoms with Crippen molar-refractivity contribution in [3.63, 3.8) is 0 Å². The molecule has 1 unspecified atom stereocenters. The van der Waals surface area contributed by atoms with E-state index in [2.05, 4.69) is 154 Å². The Hall–Kier alpha value is -4.45. The number of hydrogen-bond donors (Lipinski definition) is 0. The van der Waals surface area contributed by atoms with E-state index in [1.54, 1.807) is 0 Å². The third-order valence-corrected chi connectivity index (χ3v) is 14.6. The van der Waals surface area contributed by atoms with E-state index in [0.717, 1.165) is 135 Å². The summed E-state index contributed by atoms with van der Waals surface area (Å²) in [5, 5.41) is 0. The Labute approximate surface area is 513 Å². The van der Waals surface area contributed by atoms with Crippen LogP contribution in [0.2, 0.25) is 0 Å². The molecule has 0 rings (SSSR count). The van der Waals surface area contributed by atoms with E-state index in [0.29, 0.717) is 19.3 Å². The summed E-state index contributed by atoms with van der Waals surface area (Å²) in [6.45, 7) is 6.40. The van der Waals surface area contributed by atoms with Crippen LogP contribution in [0.3, 0.4) is 0 Å². The molecule has 0 bridgehead atoms. The molecule has 0 radical (unpaired) electrons. The standard InChI is InChI=1S/C77H128O6/c1-4-7-10-13-16-19-22-25-27-29-31-33-34-35-36-37-38-39-40-41-42-44-45-47-49-52-55-58-61-64-67-70-76(79)82-73-74(72-81-75(78)69-66-63-60-57-54-51-24-21-18-15-12-9-6-3)83-77(80)71-68-65-62-59-56-53-50-48-46-43-32-30-28-26-23-20-17-14-11-8-5-2/h7,9-10,12,16,18-19,21,25,27,30-33,35-36,38-39,41-42,51,54,74H,4-6,8,11,13-15,17,20,22-24,26,28-29,34,37,40,43-50,52-53,55-73H2,1-3H3/b10-7-,12-9-,19-16-,21-18-,27-25-,32-30-,33-31-,36-35-,39-38-,42-41-,54-51-. The maximum absolute atomic E-state index is 12.9. The molecule has 0 amide bonds. The van der Waals surface area contributed by atoms with Crippen LogP contribution in [0.1, 0.15) is 316 Å². The van der Waals surface area contributed by atoms with Gasteiger partial charge in [0.1, 0.15) is 13.2 Å². The van der Waals surface area contributed by atoms with Crippen LogP contribution < -0.4 is 0 Å². The molecule has 6 heteroatoms. The quantitative estimate of drug-likeness (QED) is 0.0261. The Morgan fingerprint density at radius 1 is 0.253 bits per heavy atom. The van der Waals surface area contributed by atoms with Crippen LogP contribution in [-0.2, 0) is 28.6 Å². The molecular formula is C77H128O6. The summed E-state index contributed by atoms with van der Waals surface area (Å²) >= 11 is 0. The highest BCUT2D eigenvalue weighted by molar-refractivity contribution is 5.71. The highest BCUT2D eigenvalue weighted by Crippen LogP contribution is 2.16. The number of carbonyl (C=O) groups is 3. The van der Waals surface area contributed by atoms with Crippen LogP contribution in [0.25, 0.3) is 0 Å². The van der Waals surface area contributed by atoms with Gasteiger partial charge in [-0.05, 0) is 135 Å². The molecule has 0 N–H and O–H groups in total. The molecule has 0 aromatic rings. The van der Waals surface area contributed by atoms with Gasteiger partial charge in [0.15, 0.2) is 6.10 Å². The first kappa shape index (κ1) is 78.5. The summed E-state index contributed by atoms with van der Waals surface area (Å²) in [4.78, 5) is 38.4. The first-order valence-electron chi connectivity index (χ1n) is 34.7. The van der Waals surface area contributed by atoms with Gasteiger partial charge in [0.25, 0.3) is 0 Å². The lowest BCUT2D eigenvalue weighted by Gasteiger charge is -2.18. The molecule has 0 spiro atoms. The molecule has 0 aromatic heterocycles. The molecule has 1 atom stereocenters. The lowest BCUT2D eigenvalue weighted by molar-refractivity contribution is -0.167. The number of hydrogen-bond acceptors (Lipinski definition) is 6. The minimum Gasteiger partial charge on any atom is -0.462 e. The fraction of sp³-hybridized carbons (Fsp3) is 0.675. The Kier molecular flexibility index (Phi) is 66.3. The van der Waals surface area contributed by atoms with Gasteiger partial charge in [-0.2, -0.15) is 0 Å². The summed E-state index contributed by atoms with van der Waals surface area (Å²) < 4.78 is 16.9. The molecule has 0 fully saturated rings.